The van der Waals surface area contributed by atoms with Crippen LogP contribution in [0, 0.1) is 20.8 Å². The minimum atomic E-state index is -0.0539. The summed E-state index contributed by atoms with van der Waals surface area (Å²) in [6.45, 7) is 12.6. The minimum Gasteiger partial charge on any atom is -0.336 e. The van der Waals surface area contributed by atoms with Gasteiger partial charge in [0, 0.05) is 17.9 Å². The molecule has 0 aliphatic carbocycles. The molecular weight excluding hydrogens is 326 g/mol. The van der Waals surface area contributed by atoms with Gasteiger partial charge in [0.05, 0.1) is 16.6 Å². The molecule has 0 aliphatic heterocycles. The first-order chi connectivity index (χ1) is 12.3. The summed E-state index contributed by atoms with van der Waals surface area (Å²) in [5.74, 6) is 0.133. The third kappa shape index (κ3) is 3.09. The maximum absolute atomic E-state index is 13.5. The van der Waals surface area contributed by atoms with Gasteiger partial charge in [0.25, 0.3) is 11.6 Å². The van der Waals surface area contributed by atoms with Crippen molar-refractivity contribution in [3.05, 3.63) is 52.3 Å². The molecule has 0 unspecified atom stereocenters. The largest absolute Gasteiger partial charge is 0.336 e. The molecule has 0 atom stereocenters. The molecular formula is C21H25N3O2. The number of benzene rings is 1. The lowest BCUT2D eigenvalue weighted by Gasteiger charge is -2.24. The number of nitrogens with zero attached hydrogens (tertiary/aromatic N) is 3. The van der Waals surface area contributed by atoms with Gasteiger partial charge in [-0.15, -0.1) is 0 Å². The molecule has 1 aromatic carbocycles. The number of carbonyl (C=O) groups is 1. The van der Waals surface area contributed by atoms with Crippen LogP contribution in [0.5, 0.6) is 0 Å². The van der Waals surface area contributed by atoms with Gasteiger partial charge in [-0.25, -0.2) is 4.98 Å². The van der Waals surface area contributed by atoms with Crippen molar-refractivity contribution in [1.82, 2.24) is 10.1 Å². The molecule has 2 aromatic heterocycles. The van der Waals surface area contributed by atoms with Crippen LogP contribution in [0.4, 0.5) is 5.69 Å². The predicted octanol–water partition coefficient (Wildman–Crippen LogP) is 4.94. The lowest BCUT2D eigenvalue weighted by Crippen LogP contribution is -2.31. The van der Waals surface area contributed by atoms with Crippen LogP contribution in [-0.4, -0.2) is 22.6 Å². The molecule has 0 saturated carbocycles. The smallest absolute Gasteiger partial charge is 0.259 e. The molecule has 3 rings (SSSR count). The van der Waals surface area contributed by atoms with Crippen molar-refractivity contribution < 1.29 is 9.32 Å². The van der Waals surface area contributed by atoms with Gasteiger partial charge in [0.15, 0.2) is 0 Å². The van der Waals surface area contributed by atoms with Gasteiger partial charge >= 0.3 is 0 Å². The van der Waals surface area contributed by atoms with Crippen LogP contribution in [0.2, 0.25) is 0 Å². The summed E-state index contributed by atoms with van der Waals surface area (Å²) in [7, 11) is 0. The van der Waals surface area contributed by atoms with Crippen molar-refractivity contribution in [2.75, 3.05) is 11.4 Å². The first-order valence-corrected chi connectivity index (χ1v) is 8.99. The molecule has 136 valence electrons. The molecule has 1 amide bonds. The lowest BCUT2D eigenvalue weighted by molar-refractivity contribution is 0.0989. The zero-order valence-electron chi connectivity index (χ0n) is 16.3. The van der Waals surface area contributed by atoms with Gasteiger partial charge in [0.2, 0.25) is 0 Å². The van der Waals surface area contributed by atoms with E-state index in [9.17, 15) is 4.79 Å². The average molecular weight is 351 g/mol. The second-order valence-corrected chi connectivity index (χ2v) is 7.04. The third-order valence-corrected chi connectivity index (χ3v) is 4.68. The normalized spacial score (nSPS) is 11.3. The summed E-state index contributed by atoms with van der Waals surface area (Å²) in [6.07, 6.45) is 0. The molecule has 5 nitrogen and oxygen atoms in total. The summed E-state index contributed by atoms with van der Waals surface area (Å²) < 4.78 is 5.36. The lowest BCUT2D eigenvalue weighted by atomic mass is 10.0. The number of aryl methyl sites for hydroxylation is 3. The number of rotatable bonds is 4. The fourth-order valence-electron chi connectivity index (χ4n) is 3.16. The van der Waals surface area contributed by atoms with E-state index in [0.29, 0.717) is 28.9 Å². The Morgan fingerprint density at radius 2 is 1.92 bits per heavy atom. The number of aromatic nitrogens is 2. The highest BCUT2D eigenvalue weighted by Gasteiger charge is 2.24. The van der Waals surface area contributed by atoms with Gasteiger partial charge in [-0.1, -0.05) is 31.1 Å². The van der Waals surface area contributed by atoms with Crippen molar-refractivity contribution in [2.45, 2.75) is 47.5 Å². The predicted molar refractivity (Wildman–Crippen MR) is 104 cm³/mol. The van der Waals surface area contributed by atoms with Gasteiger partial charge in [-0.3, -0.25) is 4.79 Å². The first kappa shape index (κ1) is 18.1. The highest BCUT2D eigenvalue weighted by Crippen LogP contribution is 2.29. The van der Waals surface area contributed by atoms with Gasteiger partial charge in [-0.05, 0) is 56.9 Å². The Bertz CT molecular complexity index is 973. The number of hydrogen-bond acceptors (Lipinski definition) is 4. The number of hydrogen-bond donors (Lipinski definition) is 0. The van der Waals surface area contributed by atoms with Crippen LogP contribution in [0.15, 0.2) is 28.8 Å². The molecule has 5 heteroatoms. The summed E-state index contributed by atoms with van der Waals surface area (Å²) in [4.78, 5) is 19.8. The van der Waals surface area contributed by atoms with Crippen molar-refractivity contribution in [3.63, 3.8) is 0 Å². The molecule has 0 aliphatic rings. The molecule has 2 heterocycles. The van der Waals surface area contributed by atoms with Crippen LogP contribution in [0.1, 0.15) is 59.6 Å². The summed E-state index contributed by atoms with van der Waals surface area (Å²) in [5, 5.41) is 4.72. The van der Waals surface area contributed by atoms with Gasteiger partial charge < -0.3 is 9.42 Å². The van der Waals surface area contributed by atoms with E-state index < -0.39 is 0 Å². The fourth-order valence-corrected chi connectivity index (χ4v) is 3.16. The maximum Gasteiger partial charge on any atom is 0.259 e. The zero-order valence-corrected chi connectivity index (χ0v) is 16.3. The molecule has 0 bridgehead atoms. The fraction of sp³-hybridized carbons (Fsp3) is 0.381. The maximum atomic E-state index is 13.5. The molecule has 0 saturated heterocycles. The number of anilines is 1. The second kappa shape index (κ2) is 6.90. The Balaban J connectivity index is 2.19. The van der Waals surface area contributed by atoms with E-state index in [1.165, 1.54) is 0 Å². The van der Waals surface area contributed by atoms with Crippen LogP contribution in [0.3, 0.4) is 0 Å². The van der Waals surface area contributed by atoms with E-state index in [1.807, 2.05) is 58.6 Å². The highest BCUT2D eigenvalue weighted by atomic mass is 16.5. The number of amides is 1. The SMILES string of the molecule is CCN(C(=O)c1cc(C(C)C)nc2onc(C)c12)c1cc(C)ccc1C. The second-order valence-electron chi connectivity index (χ2n) is 7.04. The Morgan fingerprint density at radius 1 is 1.19 bits per heavy atom. The van der Waals surface area contributed by atoms with Crippen LogP contribution < -0.4 is 4.90 Å². The summed E-state index contributed by atoms with van der Waals surface area (Å²) in [5.41, 5.74) is 5.66. The van der Waals surface area contributed by atoms with Crippen LogP contribution >= 0.6 is 0 Å². The molecule has 0 spiro atoms. The molecule has 0 fully saturated rings. The van der Waals surface area contributed by atoms with Crippen molar-refractivity contribution in [2.24, 2.45) is 0 Å². The van der Waals surface area contributed by atoms with E-state index in [-0.39, 0.29) is 11.8 Å². The number of fused-ring (bicyclic) bond motifs is 1. The Labute approximate surface area is 154 Å². The average Bonchev–Trinajstić information content (AvgIpc) is 2.99. The van der Waals surface area contributed by atoms with Crippen molar-refractivity contribution in [1.29, 1.82) is 0 Å². The summed E-state index contributed by atoms with van der Waals surface area (Å²) in [6, 6.07) is 8.04. The molecule has 3 aromatic rings. The van der Waals surface area contributed by atoms with E-state index in [0.717, 1.165) is 22.5 Å². The molecule has 26 heavy (non-hydrogen) atoms. The van der Waals surface area contributed by atoms with Crippen molar-refractivity contribution >= 4 is 22.7 Å². The molecule has 0 N–H and O–H groups in total. The van der Waals surface area contributed by atoms with Gasteiger partial charge in [-0.2, -0.15) is 0 Å². The Morgan fingerprint density at radius 3 is 2.58 bits per heavy atom. The van der Waals surface area contributed by atoms with Gasteiger partial charge in [0.1, 0.15) is 0 Å². The summed E-state index contributed by atoms with van der Waals surface area (Å²) >= 11 is 0. The number of carbonyl (C=O) groups excluding carboxylic acids is 1. The topological polar surface area (TPSA) is 59.2 Å². The van der Waals surface area contributed by atoms with E-state index in [4.69, 9.17) is 4.52 Å². The Hall–Kier alpha value is -2.69. The van der Waals surface area contributed by atoms with E-state index >= 15 is 0 Å². The minimum absolute atomic E-state index is 0.0539. The monoisotopic (exact) mass is 351 g/mol. The Kier molecular flexibility index (Phi) is 4.81. The first-order valence-electron chi connectivity index (χ1n) is 8.99. The standard InChI is InChI=1S/C21H25N3O2/c1-7-24(18-10-13(4)8-9-14(18)5)21(25)16-11-17(12(2)3)22-20-19(16)15(6)23-26-20/h8-12H,7H2,1-6H3. The van der Waals surface area contributed by atoms with Crippen LogP contribution in [-0.2, 0) is 0 Å². The van der Waals surface area contributed by atoms with Crippen molar-refractivity contribution in [3.8, 4) is 0 Å². The highest BCUT2D eigenvalue weighted by molar-refractivity contribution is 6.13. The van der Waals surface area contributed by atoms with E-state index in [2.05, 4.69) is 22.3 Å². The van der Waals surface area contributed by atoms with Crippen LogP contribution in [0.25, 0.3) is 11.1 Å². The number of pyridine rings is 1. The zero-order chi connectivity index (χ0) is 19.0. The third-order valence-electron chi connectivity index (χ3n) is 4.68. The molecule has 0 radical (unpaired) electrons. The quantitative estimate of drug-likeness (QED) is 0.668. The van der Waals surface area contributed by atoms with E-state index in [1.54, 1.807) is 0 Å².